The van der Waals surface area contributed by atoms with Crippen molar-refractivity contribution in [2.24, 2.45) is 0 Å². The zero-order valence-electron chi connectivity index (χ0n) is 8.87. The van der Waals surface area contributed by atoms with E-state index in [1.54, 1.807) is 19.3 Å². The minimum Gasteiger partial charge on any atom is -0.389 e. The van der Waals surface area contributed by atoms with Gasteiger partial charge < -0.3 is 5.11 Å². The molecule has 0 bridgehead atoms. The van der Waals surface area contributed by atoms with E-state index in [-0.39, 0.29) is 0 Å². The summed E-state index contributed by atoms with van der Waals surface area (Å²) in [7, 11) is 0. The SMILES string of the molecule is C[C@@H](O)c1cccnc1Sc1ccccn1. The molecule has 0 unspecified atom stereocenters. The quantitative estimate of drug-likeness (QED) is 0.883. The van der Waals surface area contributed by atoms with E-state index in [1.165, 1.54) is 11.8 Å². The van der Waals surface area contributed by atoms with Crippen molar-refractivity contribution in [1.82, 2.24) is 9.97 Å². The first-order valence-corrected chi connectivity index (χ1v) is 5.81. The van der Waals surface area contributed by atoms with Crippen molar-refractivity contribution in [2.45, 2.75) is 23.1 Å². The van der Waals surface area contributed by atoms with Crippen LogP contribution in [0.4, 0.5) is 0 Å². The van der Waals surface area contributed by atoms with Crippen molar-refractivity contribution in [3.63, 3.8) is 0 Å². The van der Waals surface area contributed by atoms with Crippen LogP contribution in [0.1, 0.15) is 18.6 Å². The Balaban J connectivity index is 2.28. The van der Waals surface area contributed by atoms with E-state index in [0.717, 1.165) is 15.6 Å². The Morgan fingerprint density at radius 1 is 1.12 bits per heavy atom. The summed E-state index contributed by atoms with van der Waals surface area (Å²) in [5.41, 5.74) is 0.832. The Bertz CT molecular complexity index is 460. The fraction of sp³-hybridized carbons (Fsp3) is 0.167. The van der Waals surface area contributed by atoms with Gasteiger partial charge in [-0.15, -0.1) is 0 Å². The van der Waals surface area contributed by atoms with Gasteiger partial charge in [0.2, 0.25) is 0 Å². The molecule has 0 aliphatic carbocycles. The van der Waals surface area contributed by atoms with E-state index < -0.39 is 6.10 Å². The Labute approximate surface area is 98.6 Å². The lowest BCUT2D eigenvalue weighted by Crippen LogP contribution is -1.96. The molecule has 1 N–H and O–H groups in total. The van der Waals surface area contributed by atoms with E-state index in [0.29, 0.717) is 0 Å². The van der Waals surface area contributed by atoms with Gasteiger partial charge in [0.15, 0.2) is 0 Å². The van der Waals surface area contributed by atoms with Gasteiger partial charge in [-0.1, -0.05) is 12.1 Å². The van der Waals surface area contributed by atoms with E-state index in [4.69, 9.17) is 0 Å². The molecule has 16 heavy (non-hydrogen) atoms. The second kappa shape index (κ2) is 5.09. The molecule has 0 aliphatic rings. The molecule has 2 aromatic heterocycles. The summed E-state index contributed by atoms with van der Waals surface area (Å²) in [5, 5.41) is 11.3. The van der Waals surface area contributed by atoms with Gasteiger partial charge in [0, 0.05) is 18.0 Å². The molecule has 0 radical (unpaired) electrons. The summed E-state index contributed by atoms with van der Waals surface area (Å²) in [5.74, 6) is 0. The Morgan fingerprint density at radius 3 is 2.62 bits per heavy atom. The standard InChI is InChI=1S/C12H12N2OS/c1-9(15)10-5-4-8-14-12(10)16-11-6-2-3-7-13-11/h2-9,15H,1H3/t9-/m1/s1. The van der Waals surface area contributed by atoms with Gasteiger partial charge in [-0.2, -0.15) is 0 Å². The summed E-state index contributed by atoms with van der Waals surface area (Å²) in [4.78, 5) is 8.47. The van der Waals surface area contributed by atoms with Crippen LogP contribution in [0.3, 0.4) is 0 Å². The van der Waals surface area contributed by atoms with E-state index >= 15 is 0 Å². The molecule has 0 aliphatic heterocycles. The van der Waals surface area contributed by atoms with Gasteiger partial charge >= 0.3 is 0 Å². The predicted molar refractivity (Wildman–Crippen MR) is 63.2 cm³/mol. The highest BCUT2D eigenvalue weighted by Crippen LogP contribution is 2.29. The fourth-order valence-corrected chi connectivity index (χ4v) is 2.24. The maximum atomic E-state index is 9.61. The predicted octanol–water partition coefficient (Wildman–Crippen LogP) is 2.68. The minimum absolute atomic E-state index is 0.514. The summed E-state index contributed by atoms with van der Waals surface area (Å²) >= 11 is 1.46. The largest absolute Gasteiger partial charge is 0.389 e. The van der Waals surface area contributed by atoms with Crippen LogP contribution in [0.2, 0.25) is 0 Å². The molecular formula is C12H12N2OS. The van der Waals surface area contributed by atoms with Crippen molar-refractivity contribution >= 4 is 11.8 Å². The molecule has 0 aromatic carbocycles. The van der Waals surface area contributed by atoms with Crippen molar-refractivity contribution in [1.29, 1.82) is 0 Å². The third-order valence-corrected chi connectivity index (χ3v) is 3.07. The molecule has 2 aromatic rings. The topological polar surface area (TPSA) is 46.0 Å². The van der Waals surface area contributed by atoms with Crippen LogP contribution in [0, 0.1) is 0 Å². The molecule has 0 spiro atoms. The first-order chi connectivity index (χ1) is 7.77. The Kier molecular flexibility index (Phi) is 3.54. The molecule has 0 amide bonds. The van der Waals surface area contributed by atoms with Crippen molar-refractivity contribution < 1.29 is 5.11 Å². The highest BCUT2D eigenvalue weighted by atomic mass is 32.2. The number of nitrogens with zero attached hydrogens (tertiary/aromatic N) is 2. The molecule has 82 valence electrons. The number of aromatic nitrogens is 2. The third-order valence-electron chi connectivity index (χ3n) is 2.09. The molecular weight excluding hydrogens is 220 g/mol. The van der Waals surface area contributed by atoms with E-state index in [1.807, 2.05) is 30.3 Å². The van der Waals surface area contributed by atoms with Crippen LogP contribution >= 0.6 is 11.8 Å². The smallest absolute Gasteiger partial charge is 0.108 e. The molecule has 2 rings (SSSR count). The molecule has 0 saturated carbocycles. The highest BCUT2D eigenvalue weighted by Gasteiger charge is 2.10. The molecule has 3 nitrogen and oxygen atoms in total. The zero-order chi connectivity index (χ0) is 11.4. The van der Waals surface area contributed by atoms with Gasteiger partial charge in [-0.3, -0.25) is 0 Å². The van der Waals surface area contributed by atoms with Crippen LogP contribution in [0.5, 0.6) is 0 Å². The normalized spacial score (nSPS) is 12.4. The number of rotatable bonds is 3. The van der Waals surface area contributed by atoms with Crippen molar-refractivity contribution in [3.05, 3.63) is 48.3 Å². The fourth-order valence-electron chi connectivity index (χ4n) is 1.31. The van der Waals surface area contributed by atoms with Crippen LogP contribution in [-0.2, 0) is 0 Å². The summed E-state index contributed by atoms with van der Waals surface area (Å²) in [6.07, 6.45) is 2.95. The third kappa shape index (κ3) is 2.59. The molecule has 0 saturated heterocycles. The average molecular weight is 232 g/mol. The zero-order valence-corrected chi connectivity index (χ0v) is 9.69. The number of aliphatic hydroxyl groups excluding tert-OH is 1. The maximum absolute atomic E-state index is 9.61. The number of hydrogen-bond acceptors (Lipinski definition) is 4. The highest BCUT2D eigenvalue weighted by molar-refractivity contribution is 7.99. The number of aliphatic hydroxyl groups is 1. The molecule has 4 heteroatoms. The molecule has 1 atom stereocenters. The van der Waals surface area contributed by atoms with Gasteiger partial charge in [0.25, 0.3) is 0 Å². The van der Waals surface area contributed by atoms with Crippen LogP contribution in [0.25, 0.3) is 0 Å². The summed E-state index contributed by atoms with van der Waals surface area (Å²) in [6.45, 7) is 1.74. The van der Waals surface area contributed by atoms with Crippen LogP contribution in [-0.4, -0.2) is 15.1 Å². The lowest BCUT2D eigenvalue weighted by Gasteiger charge is -2.09. The Morgan fingerprint density at radius 2 is 1.94 bits per heavy atom. The second-order valence-electron chi connectivity index (χ2n) is 3.34. The lowest BCUT2D eigenvalue weighted by molar-refractivity contribution is 0.195. The van der Waals surface area contributed by atoms with Gasteiger partial charge in [0.1, 0.15) is 10.1 Å². The lowest BCUT2D eigenvalue weighted by atomic mass is 10.2. The monoisotopic (exact) mass is 232 g/mol. The van der Waals surface area contributed by atoms with Crippen molar-refractivity contribution in [2.75, 3.05) is 0 Å². The van der Waals surface area contributed by atoms with Crippen molar-refractivity contribution in [3.8, 4) is 0 Å². The minimum atomic E-state index is -0.514. The first-order valence-electron chi connectivity index (χ1n) is 4.99. The number of pyridine rings is 2. The molecule has 0 fully saturated rings. The van der Waals surface area contributed by atoms with E-state index in [9.17, 15) is 5.11 Å². The molecule has 2 heterocycles. The first kappa shape index (κ1) is 11.1. The van der Waals surface area contributed by atoms with Gasteiger partial charge in [0.05, 0.1) is 6.10 Å². The van der Waals surface area contributed by atoms with Gasteiger partial charge in [-0.25, -0.2) is 9.97 Å². The summed E-state index contributed by atoms with van der Waals surface area (Å²) < 4.78 is 0. The van der Waals surface area contributed by atoms with Crippen LogP contribution in [0.15, 0.2) is 52.8 Å². The van der Waals surface area contributed by atoms with Crippen LogP contribution < -0.4 is 0 Å². The number of hydrogen-bond donors (Lipinski definition) is 1. The van der Waals surface area contributed by atoms with Gasteiger partial charge in [-0.05, 0) is 36.9 Å². The maximum Gasteiger partial charge on any atom is 0.108 e. The Hall–Kier alpha value is -1.39. The average Bonchev–Trinajstić information content (AvgIpc) is 2.31. The second-order valence-corrected chi connectivity index (χ2v) is 4.35. The summed E-state index contributed by atoms with van der Waals surface area (Å²) in [6, 6.07) is 9.43. The van der Waals surface area contributed by atoms with E-state index in [2.05, 4.69) is 9.97 Å².